The first-order valence-electron chi connectivity index (χ1n) is 9.42. The van der Waals surface area contributed by atoms with Crippen molar-refractivity contribution in [2.75, 3.05) is 7.11 Å². The highest BCUT2D eigenvalue weighted by Crippen LogP contribution is 2.66. The second-order valence-corrected chi connectivity index (χ2v) is 8.80. The lowest BCUT2D eigenvalue weighted by molar-refractivity contribution is -0.152. The third kappa shape index (κ3) is 2.02. The molecule has 4 aliphatic carbocycles. The van der Waals surface area contributed by atoms with Gasteiger partial charge in [-0.2, -0.15) is 0 Å². The normalized spacial score (nSPS) is 46.6. The minimum Gasteiger partial charge on any atom is -0.469 e. The van der Waals surface area contributed by atoms with Crippen LogP contribution in [0.2, 0.25) is 0 Å². The van der Waals surface area contributed by atoms with Crippen molar-refractivity contribution < 1.29 is 14.3 Å². The zero-order valence-electron chi connectivity index (χ0n) is 15.0. The third-order valence-electron chi connectivity index (χ3n) is 8.04. The van der Waals surface area contributed by atoms with Crippen LogP contribution in [0.1, 0.15) is 52.4 Å². The second-order valence-electron chi connectivity index (χ2n) is 8.80. The fraction of sp³-hybridized carbons (Fsp3) is 0.714. The number of hydrogen-bond acceptors (Lipinski definition) is 3. The molecule has 6 atom stereocenters. The average Bonchev–Trinajstić information content (AvgIpc) is 2.92. The van der Waals surface area contributed by atoms with Crippen molar-refractivity contribution in [3.63, 3.8) is 0 Å². The molecule has 3 heteroatoms. The van der Waals surface area contributed by atoms with Crippen molar-refractivity contribution >= 4 is 11.8 Å². The predicted octanol–water partition coefficient (Wildman–Crippen LogP) is 4.08. The molecule has 0 aromatic heterocycles. The van der Waals surface area contributed by atoms with Gasteiger partial charge >= 0.3 is 5.97 Å². The highest BCUT2D eigenvalue weighted by molar-refractivity contribution is 6.01. The van der Waals surface area contributed by atoms with Crippen molar-refractivity contribution in [1.82, 2.24) is 0 Å². The quantitative estimate of drug-likeness (QED) is 0.681. The lowest BCUT2D eigenvalue weighted by Gasteiger charge is -2.56. The molecule has 0 aromatic rings. The van der Waals surface area contributed by atoms with E-state index in [-0.39, 0.29) is 28.5 Å². The monoisotopic (exact) mass is 328 g/mol. The fourth-order valence-corrected chi connectivity index (χ4v) is 6.73. The zero-order valence-corrected chi connectivity index (χ0v) is 15.0. The van der Waals surface area contributed by atoms with Crippen LogP contribution in [0.25, 0.3) is 0 Å². The van der Waals surface area contributed by atoms with E-state index < -0.39 is 0 Å². The molecule has 24 heavy (non-hydrogen) atoms. The summed E-state index contributed by atoms with van der Waals surface area (Å²) in [5.74, 6) is 2.10. The number of carbonyl (C=O) groups is 2. The zero-order chi connectivity index (χ0) is 17.1. The lowest BCUT2D eigenvalue weighted by Crippen LogP contribution is -2.50. The van der Waals surface area contributed by atoms with Crippen LogP contribution in [-0.4, -0.2) is 18.9 Å². The molecule has 3 fully saturated rings. The van der Waals surface area contributed by atoms with Gasteiger partial charge in [0.15, 0.2) is 5.78 Å². The van der Waals surface area contributed by atoms with Crippen molar-refractivity contribution in [3.05, 3.63) is 23.8 Å². The van der Waals surface area contributed by atoms with Crippen LogP contribution < -0.4 is 0 Å². The van der Waals surface area contributed by atoms with E-state index in [2.05, 4.69) is 19.9 Å². The number of ketones is 1. The smallest absolute Gasteiger partial charge is 0.309 e. The molecule has 0 aromatic carbocycles. The minimum absolute atomic E-state index is 0.00999. The maximum absolute atomic E-state index is 12.3. The number of methoxy groups -OCH3 is 1. The molecular weight excluding hydrogens is 300 g/mol. The molecule has 1 unspecified atom stereocenters. The molecule has 4 aliphatic rings. The molecular formula is C21H28O3. The molecule has 0 spiro atoms. The first kappa shape index (κ1) is 16.1. The Bertz CT molecular complexity index is 645. The van der Waals surface area contributed by atoms with Gasteiger partial charge in [0.2, 0.25) is 0 Å². The largest absolute Gasteiger partial charge is 0.469 e. The maximum Gasteiger partial charge on any atom is 0.309 e. The Morgan fingerprint density at radius 1 is 1.17 bits per heavy atom. The summed E-state index contributed by atoms with van der Waals surface area (Å²) < 4.78 is 5.11. The van der Waals surface area contributed by atoms with E-state index in [0.717, 1.165) is 32.1 Å². The maximum atomic E-state index is 12.3. The Morgan fingerprint density at radius 3 is 2.71 bits per heavy atom. The van der Waals surface area contributed by atoms with E-state index in [0.29, 0.717) is 17.8 Å². The highest BCUT2D eigenvalue weighted by atomic mass is 16.5. The molecule has 0 amide bonds. The standard InChI is InChI=1S/C21H28O3/c1-20-10-8-14(22)12-13(20)4-5-15-16-6-7-18(19(23)24-3)21(16,2)11-9-17(15)20/h8,10,12,15-18H,4-7,9,11H2,1-3H3/t15-,16-,17-,18?,20-,21-/m0/s1. The first-order chi connectivity index (χ1) is 11.4. The van der Waals surface area contributed by atoms with E-state index in [1.807, 2.05) is 6.08 Å². The van der Waals surface area contributed by atoms with Crippen molar-refractivity contribution in [3.8, 4) is 0 Å². The summed E-state index contributed by atoms with van der Waals surface area (Å²) in [5.41, 5.74) is 1.48. The fourth-order valence-electron chi connectivity index (χ4n) is 6.73. The van der Waals surface area contributed by atoms with Gasteiger partial charge < -0.3 is 4.74 Å². The first-order valence-corrected chi connectivity index (χ1v) is 9.42. The SMILES string of the molecule is COC(=O)C1CC[C@H]2[C@@H]3CCC4=CC(=O)C=C[C@]4(C)[C@H]3CC[C@]12C. The van der Waals surface area contributed by atoms with Crippen LogP contribution in [-0.2, 0) is 14.3 Å². The molecule has 130 valence electrons. The number of ether oxygens (including phenoxy) is 1. The molecule has 3 nitrogen and oxygen atoms in total. The van der Waals surface area contributed by atoms with E-state index in [9.17, 15) is 9.59 Å². The Morgan fingerprint density at radius 2 is 1.96 bits per heavy atom. The van der Waals surface area contributed by atoms with Crippen LogP contribution >= 0.6 is 0 Å². The van der Waals surface area contributed by atoms with Crippen molar-refractivity contribution in [1.29, 1.82) is 0 Å². The topological polar surface area (TPSA) is 43.4 Å². The minimum atomic E-state index is -0.00999. The van der Waals surface area contributed by atoms with E-state index in [1.54, 1.807) is 6.08 Å². The van der Waals surface area contributed by atoms with Gasteiger partial charge in [0.1, 0.15) is 0 Å². The molecule has 0 saturated heterocycles. The summed E-state index contributed by atoms with van der Waals surface area (Å²) >= 11 is 0. The Labute approximate surface area is 144 Å². The molecule has 0 heterocycles. The predicted molar refractivity (Wildman–Crippen MR) is 92.1 cm³/mol. The molecule has 4 rings (SSSR count). The summed E-state index contributed by atoms with van der Waals surface area (Å²) in [6.07, 6.45) is 12.4. The number of carbonyl (C=O) groups excluding carboxylic acids is 2. The van der Waals surface area contributed by atoms with Gasteiger partial charge in [0, 0.05) is 5.41 Å². The Balaban J connectivity index is 1.66. The van der Waals surface area contributed by atoms with Crippen LogP contribution in [0.5, 0.6) is 0 Å². The van der Waals surface area contributed by atoms with Gasteiger partial charge in [-0.3, -0.25) is 9.59 Å². The van der Waals surface area contributed by atoms with Crippen LogP contribution in [0.4, 0.5) is 0 Å². The van der Waals surface area contributed by atoms with Gasteiger partial charge in [-0.15, -0.1) is 0 Å². The summed E-state index contributed by atoms with van der Waals surface area (Å²) in [4.78, 5) is 24.1. The van der Waals surface area contributed by atoms with Crippen molar-refractivity contribution in [2.45, 2.75) is 52.4 Å². The summed E-state index contributed by atoms with van der Waals surface area (Å²) in [5, 5.41) is 0. The van der Waals surface area contributed by atoms with Crippen molar-refractivity contribution in [2.24, 2.45) is 34.5 Å². The highest BCUT2D eigenvalue weighted by Gasteiger charge is 2.60. The second kappa shape index (κ2) is 5.31. The molecule has 0 N–H and O–H groups in total. The van der Waals surface area contributed by atoms with Gasteiger partial charge in [-0.05, 0) is 73.8 Å². The summed E-state index contributed by atoms with van der Waals surface area (Å²) in [6.45, 7) is 4.66. The molecule has 0 radical (unpaired) electrons. The summed E-state index contributed by atoms with van der Waals surface area (Å²) in [7, 11) is 1.52. The van der Waals surface area contributed by atoms with E-state index in [4.69, 9.17) is 4.74 Å². The number of esters is 1. The molecule has 3 saturated carbocycles. The number of fused-ring (bicyclic) bond motifs is 5. The Kier molecular flexibility index (Phi) is 3.56. The van der Waals surface area contributed by atoms with Gasteiger partial charge in [0.05, 0.1) is 13.0 Å². The molecule has 0 bridgehead atoms. The van der Waals surface area contributed by atoms with Gasteiger partial charge in [-0.1, -0.05) is 25.5 Å². The van der Waals surface area contributed by atoms with Crippen LogP contribution in [0, 0.1) is 34.5 Å². The number of allylic oxidation sites excluding steroid dienone is 4. The van der Waals surface area contributed by atoms with E-state index in [1.165, 1.54) is 19.1 Å². The average molecular weight is 328 g/mol. The number of rotatable bonds is 1. The van der Waals surface area contributed by atoms with E-state index >= 15 is 0 Å². The third-order valence-corrected chi connectivity index (χ3v) is 8.04. The van der Waals surface area contributed by atoms with Gasteiger partial charge in [-0.25, -0.2) is 0 Å². The number of hydrogen-bond donors (Lipinski definition) is 0. The summed E-state index contributed by atoms with van der Waals surface area (Å²) in [6, 6.07) is 0. The Hall–Kier alpha value is -1.38. The lowest BCUT2D eigenvalue weighted by atomic mass is 9.48. The van der Waals surface area contributed by atoms with Crippen LogP contribution in [0.15, 0.2) is 23.8 Å². The van der Waals surface area contributed by atoms with Gasteiger partial charge in [0.25, 0.3) is 0 Å². The van der Waals surface area contributed by atoms with Crippen LogP contribution in [0.3, 0.4) is 0 Å². The molecule has 0 aliphatic heterocycles.